The molecule has 0 saturated heterocycles. The molecular formula is C20H21Br2NO5. The maximum Gasteiger partial charge on any atom is 0.361 e. The van der Waals surface area contributed by atoms with E-state index in [0.29, 0.717) is 26.0 Å². The van der Waals surface area contributed by atoms with Crippen molar-refractivity contribution in [3.8, 4) is 17.2 Å². The van der Waals surface area contributed by atoms with Crippen molar-refractivity contribution in [1.82, 2.24) is 0 Å². The molecule has 150 valence electrons. The topological polar surface area (TPSA) is 88.4 Å². The molecule has 0 aliphatic rings. The molecule has 0 aromatic heterocycles. The van der Waals surface area contributed by atoms with E-state index in [9.17, 15) is 15.1 Å². The van der Waals surface area contributed by atoms with Crippen molar-refractivity contribution in [1.29, 1.82) is 0 Å². The van der Waals surface area contributed by atoms with Gasteiger partial charge >= 0.3 is 5.97 Å². The highest BCUT2D eigenvalue weighted by Gasteiger charge is 2.20. The lowest BCUT2D eigenvalue weighted by Gasteiger charge is -2.15. The summed E-state index contributed by atoms with van der Waals surface area (Å²) in [7, 11) is 0. The Labute approximate surface area is 180 Å². The van der Waals surface area contributed by atoms with Crippen LogP contribution in [0.4, 0.5) is 0 Å². The first-order valence-corrected chi connectivity index (χ1v) is 10.3. The smallest absolute Gasteiger partial charge is 0.361 e. The number of esters is 1. The minimum Gasteiger partial charge on any atom is -0.508 e. The van der Waals surface area contributed by atoms with Gasteiger partial charge < -0.3 is 19.8 Å². The van der Waals surface area contributed by atoms with Crippen LogP contribution in [0.15, 0.2) is 44.4 Å². The fraction of sp³-hybridized carbons (Fsp3) is 0.300. The SMILES string of the molecule is CCOC(=O)/C(=N/O)c1cc(Br)c(Oc2ccc(O)c(C(C)CC)c2)c(Br)c1. The fourth-order valence-corrected chi connectivity index (χ4v) is 3.89. The van der Waals surface area contributed by atoms with Gasteiger partial charge in [0.1, 0.15) is 11.5 Å². The van der Waals surface area contributed by atoms with E-state index in [1.807, 2.05) is 13.8 Å². The molecule has 0 bridgehead atoms. The number of nitrogens with zero attached hydrogens (tertiary/aromatic N) is 1. The Morgan fingerprint density at radius 1 is 1.18 bits per heavy atom. The van der Waals surface area contributed by atoms with E-state index in [0.717, 1.165) is 12.0 Å². The van der Waals surface area contributed by atoms with Gasteiger partial charge in [-0.15, -0.1) is 0 Å². The average Bonchev–Trinajstić information content (AvgIpc) is 2.66. The van der Waals surface area contributed by atoms with Gasteiger partial charge in [-0.3, -0.25) is 0 Å². The number of ether oxygens (including phenoxy) is 2. The molecule has 0 radical (unpaired) electrons. The maximum absolute atomic E-state index is 11.9. The maximum atomic E-state index is 11.9. The van der Waals surface area contributed by atoms with Crippen molar-refractivity contribution in [2.75, 3.05) is 6.61 Å². The number of phenols is 1. The summed E-state index contributed by atoms with van der Waals surface area (Å²) in [5.41, 5.74) is 0.956. The minimum absolute atomic E-state index is 0.167. The predicted octanol–water partition coefficient (Wildman–Crippen LogP) is 5.96. The van der Waals surface area contributed by atoms with Gasteiger partial charge in [0.25, 0.3) is 0 Å². The highest BCUT2D eigenvalue weighted by Crippen LogP contribution is 2.40. The Hall–Kier alpha value is -2.06. The second kappa shape index (κ2) is 9.93. The third-order valence-corrected chi connectivity index (χ3v) is 5.38. The highest BCUT2D eigenvalue weighted by molar-refractivity contribution is 9.11. The van der Waals surface area contributed by atoms with Crippen molar-refractivity contribution in [2.24, 2.45) is 5.16 Å². The molecule has 0 saturated carbocycles. The summed E-state index contributed by atoms with van der Waals surface area (Å²) in [4.78, 5) is 11.9. The van der Waals surface area contributed by atoms with Crippen LogP contribution in [0.25, 0.3) is 0 Å². The van der Waals surface area contributed by atoms with Gasteiger partial charge in [0.15, 0.2) is 11.5 Å². The molecule has 0 amide bonds. The molecule has 2 aromatic rings. The zero-order valence-corrected chi connectivity index (χ0v) is 18.9. The lowest BCUT2D eigenvalue weighted by molar-refractivity contribution is -0.135. The number of carbonyl (C=O) groups is 1. The largest absolute Gasteiger partial charge is 0.508 e. The van der Waals surface area contributed by atoms with Crippen LogP contribution in [0.3, 0.4) is 0 Å². The van der Waals surface area contributed by atoms with Crippen molar-refractivity contribution >= 4 is 43.5 Å². The first-order chi connectivity index (χ1) is 13.3. The number of carbonyl (C=O) groups excluding carboxylic acids is 1. The number of oxime groups is 1. The summed E-state index contributed by atoms with van der Waals surface area (Å²) >= 11 is 6.85. The second-order valence-corrected chi connectivity index (χ2v) is 7.78. The number of halogens is 2. The van der Waals surface area contributed by atoms with Crippen molar-refractivity contribution in [3.63, 3.8) is 0 Å². The summed E-state index contributed by atoms with van der Waals surface area (Å²) in [6, 6.07) is 8.27. The summed E-state index contributed by atoms with van der Waals surface area (Å²) in [6.07, 6.45) is 0.885. The standard InChI is InChI=1S/C20H21Br2NO5/c1-4-11(3)14-10-13(6-7-17(14)24)28-19-15(21)8-12(9-16(19)22)18(23-26)20(25)27-5-2/h6-11,24,26H,4-5H2,1-3H3/b23-18+. The Bertz CT molecular complexity index is 875. The molecule has 0 aliphatic heterocycles. The molecule has 1 atom stereocenters. The summed E-state index contributed by atoms with van der Waals surface area (Å²) in [6.45, 7) is 5.92. The van der Waals surface area contributed by atoms with Crippen molar-refractivity contribution in [3.05, 3.63) is 50.4 Å². The molecule has 8 heteroatoms. The summed E-state index contributed by atoms with van der Waals surface area (Å²) in [5.74, 6) is 0.725. The first-order valence-electron chi connectivity index (χ1n) is 8.71. The van der Waals surface area contributed by atoms with E-state index in [-0.39, 0.29) is 24.0 Å². The molecule has 0 fully saturated rings. The van der Waals surface area contributed by atoms with Crippen LogP contribution >= 0.6 is 31.9 Å². The van der Waals surface area contributed by atoms with E-state index < -0.39 is 5.97 Å². The zero-order chi connectivity index (χ0) is 20.8. The summed E-state index contributed by atoms with van der Waals surface area (Å²) < 4.78 is 12.0. The van der Waals surface area contributed by atoms with E-state index in [2.05, 4.69) is 37.0 Å². The molecule has 2 rings (SSSR count). The van der Waals surface area contributed by atoms with Crippen molar-refractivity contribution in [2.45, 2.75) is 33.1 Å². The minimum atomic E-state index is -0.728. The van der Waals surface area contributed by atoms with Crippen molar-refractivity contribution < 1.29 is 24.6 Å². The Morgan fingerprint density at radius 3 is 2.36 bits per heavy atom. The zero-order valence-electron chi connectivity index (χ0n) is 15.7. The average molecular weight is 515 g/mol. The Kier molecular flexibility index (Phi) is 7.88. The highest BCUT2D eigenvalue weighted by atomic mass is 79.9. The van der Waals surface area contributed by atoms with Gasteiger partial charge in [-0.2, -0.15) is 0 Å². The van der Waals surface area contributed by atoms with Gasteiger partial charge in [0.05, 0.1) is 15.6 Å². The molecule has 2 aromatic carbocycles. The number of benzene rings is 2. The molecule has 2 N–H and O–H groups in total. The molecule has 0 spiro atoms. The molecule has 28 heavy (non-hydrogen) atoms. The Morgan fingerprint density at radius 2 is 1.82 bits per heavy atom. The number of phenolic OH excluding ortho intramolecular Hbond substituents is 1. The number of hydrogen-bond acceptors (Lipinski definition) is 6. The van der Waals surface area contributed by atoms with Gasteiger partial charge in [-0.1, -0.05) is 19.0 Å². The van der Waals surface area contributed by atoms with Gasteiger partial charge in [0.2, 0.25) is 0 Å². The Balaban J connectivity index is 2.37. The predicted molar refractivity (Wildman–Crippen MR) is 114 cm³/mol. The monoisotopic (exact) mass is 513 g/mol. The van der Waals surface area contributed by atoms with Crippen LogP contribution in [0.2, 0.25) is 0 Å². The normalized spacial score (nSPS) is 12.5. The molecule has 6 nitrogen and oxygen atoms in total. The third-order valence-electron chi connectivity index (χ3n) is 4.20. The van der Waals surface area contributed by atoms with E-state index in [1.165, 1.54) is 0 Å². The van der Waals surface area contributed by atoms with Crippen LogP contribution in [0.5, 0.6) is 17.2 Å². The second-order valence-electron chi connectivity index (χ2n) is 6.07. The van der Waals surface area contributed by atoms with Gasteiger partial charge in [-0.05, 0) is 81.5 Å². The first kappa shape index (κ1) is 22.2. The van der Waals surface area contributed by atoms with Crippen LogP contribution in [-0.2, 0) is 9.53 Å². The number of aromatic hydroxyl groups is 1. The van der Waals surface area contributed by atoms with Crippen LogP contribution in [0, 0.1) is 0 Å². The molecule has 0 heterocycles. The van der Waals surface area contributed by atoms with Crippen LogP contribution in [-0.4, -0.2) is 28.6 Å². The van der Waals surface area contributed by atoms with E-state index >= 15 is 0 Å². The number of rotatable bonds is 7. The van der Waals surface area contributed by atoms with Crippen LogP contribution in [0.1, 0.15) is 44.2 Å². The third kappa shape index (κ3) is 5.05. The quantitative estimate of drug-likeness (QED) is 0.206. The molecule has 0 aliphatic carbocycles. The summed E-state index contributed by atoms with van der Waals surface area (Å²) in [5, 5.41) is 22.3. The van der Waals surface area contributed by atoms with Gasteiger partial charge in [0, 0.05) is 11.1 Å². The number of hydrogen-bond donors (Lipinski definition) is 2. The lowest BCUT2D eigenvalue weighted by Crippen LogP contribution is -2.19. The lowest BCUT2D eigenvalue weighted by atomic mass is 9.97. The molecular weight excluding hydrogens is 494 g/mol. The van der Waals surface area contributed by atoms with Crippen LogP contribution < -0.4 is 4.74 Å². The molecule has 1 unspecified atom stereocenters. The van der Waals surface area contributed by atoms with E-state index in [4.69, 9.17) is 9.47 Å². The van der Waals surface area contributed by atoms with Gasteiger partial charge in [-0.25, -0.2) is 4.79 Å². The van der Waals surface area contributed by atoms with E-state index in [1.54, 1.807) is 37.3 Å². The fourth-order valence-electron chi connectivity index (χ4n) is 2.54.